The van der Waals surface area contributed by atoms with Crippen LogP contribution in [0.25, 0.3) is 0 Å². The maximum Gasteiger partial charge on any atom is 0.191 e. The largest absolute Gasteiger partial charge is 0.497 e. The number of aliphatic hydroxyl groups is 1. The maximum atomic E-state index is 9.57. The number of hydrogen-bond acceptors (Lipinski definition) is 4. The van der Waals surface area contributed by atoms with Crippen molar-refractivity contribution in [3.8, 4) is 5.75 Å². The van der Waals surface area contributed by atoms with E-state index in [0.29, 0.717) is 6.54 Å². The Morgan fingerprint density at radius 3 is 2.50 bits per heavy atom. The molecular formula is C23H40IN3O3. The van der Waals surface area contributed by atoms with Crippen molar-refractivity contribution in [1.82, 2.24) is 10.6 Å². The molecule has 3 N–H and O–H groups in total. The van der Waals surface area contributed by atoms with Crippen LogP contribution in [0.1, 0.15) is 57.4 Å². The summed E-state index contributed by atoms with van der Waals surface area (Å²) in [6, 6.07) is 8.02. The molecule has 1 aromatic carbocycles. The first-order valence-electron chi connectivity index (χ1n) is 11.0. The van der Waals surface area contributed by atoms with Crippen LogP contribution in [-0.4, -0.2) is 51.1 Å². The standard InChI is InChI=1S/C23H39N3O3.HI/c1-3-29-17-7-15-24-22(25-18-20-8-10-21(28-2)11-9-20)26-19-23(14-16-27)12-5-4-6-13-23;/h8-11,27H,3-7,12-19H2,1-2H3,(H2,24,25,26);1H. The summed E-state index contributed by atoms with van der Waals surface area (Å²) in [5, 5.41) is 16.6. The van der Waals surface area contributed by atoms with Crippen LogP contribution in [0.4, 0.5) is 0 Å². The molecule has 0 aliphatic heterocycles. The van der Waals surface area contributed by atoms with Gasteiger partial charge in [-0.1, -0.05) is 31.4 Å². The van der Waals surface area contributed by atoms with E-state index in [4.69, 9.17) is 14.5 Å². The predicted octanol–water partition coefficient (Wildman–Crippen LogP) is 4.11. The lowest BCUT2D eigenvalue weighted by Gasteiger charge is -2.37. The van der Waals surface area contributed by atoms with Crippen LogP contribution >= 0.6 is 24.0 Å². The summed E-state index contributed by atoms with van der Waals surface area (Å²) in [6.45, 7) is 6.06. The second kappa shape index (κ2) is 15.7. The first-order chi connectivity index (χ1) is 14.2. The fourth-order valence-electron chi connectivity index (χ4n) is 3.93. The second-order valence-electron chi connectivity index (χ2n) is 7.88. The first-order valence-corrected chi connectivity index (χ1v) is 11.0. The van der Waals surface area contributed by atoms with Gasteiger partial charge < -0.3 is 25.2 Å². The molecule has 0 unspecified atom stereocenters. The molecule has 1 fully saturated rings. The highest BCUT2D eigenvalue weighted by atomic mass is 127. The number of aliphatic imine (C=N–C) groups is 1. The Labute approximate surface area is 199 Å². The average Bonchev–Trinajstić information content (AvgIpc) is 2.76. The van der Waals surface area contributed by atoms with E-state index in [1.54, 1.807) is 7.11 Å². The number of benzene rings is 1. The van der Waals surface area contributed by atoms with E-state index in [0.717, 1.165) is 56.4 Å². The molecule has 0 aromatic heterocycles. The van der Waals surface area contributed by atoms with Gasteiger partial charge in [-0.3, -0.25) is 0 Å². The maximum absolute atomic E-state index is 9.57. The molecule has 0 amide bonds. The van der Waals surface area contributed by atoms with E-state index >= 15 is 0 Å². The van der Waals surface area contributed by atoms with Gasteiger partial charge in [-0.2, -0.15) is 0 Å². The lowest BCUT2D eigenvalue weighted by atomic mass is 9.72. The fraction of sp³-hybridized carbons (Fsp3) is 0.696. The van der Waals surface area contributed by atoms with E-state index < -0.39 is 0 Å². The van der Waals surface area contributed by atoms with Gasteiger partial charge in [0.05, 0.1) is 13.7 Å². The molecule has 0 saturated heterocycles. The average molecular weight is 533 g/mol. The Kier molecular flexibility index (Phi) is 14.1. The minimum atomic E-state index is 0. The van der Waals surface area contributed by atoms with Crippen molar-refractivity contribution in [3.63, 3.8) is 0 Å². The highest BCUT2D eigenvalue weighted by molar-refractivity contribution is 14.0. The third-order valence-electron chi connectivity index (χ3n) is 5.73. The van der Waals surface area contributed by atoms with Crippen LogP contribution in [0.15, 0.2) is 29.3 Å². The molecule has 0 radical (unpaired) electrons. The molecule has 2 rings (SSSR count). The number of ether oxygens (including phenoxy) is 2. The van der Waals surface area contributed by atoms with Crippen molar-refractivity contribution in [2.45, 2.75) is 58.4 Å². The summed E-state index contributed by atoms with van der Waals surface area (Å²) < 4.78 is 10.7. The Hall–Kier alpha value is -1.06. The summed E-state index contributed by atoms with van der Waals surface area (Å²) in [7, 11) is 1.68. The van der Waals surface area contributed by atoms with Gasteiger partial charge in [-0.25, -0.2) is 4.99 Å². The zero-order chi connectivity index (χ0) is 20.8. The number of aliphatic hydroxyl groups excluding tert-OH is 1. The number of hydrogen-bond donors (Lipinski definition) is 3. The van der Waals surface area contributed by atoms with Gasteiger partial charge in [-0.15, -0.1) is 24.0 Å². The molecule has 1 saturated carbocycles. The molecule has 6 nitrogen and oxygen atoms in total. The molecule has 0 atom stereocenters. The van der Waals surface area contributed by atoms with Crippen LogP contribution in [0.3, 0.4) is 0 Å². The van der Waals surface area contributed by atoms with Crippen LogP contribution < -0.4 is 15.4 Å². The minimum Gasteiger partial charge on any atom is -0.497 e. The van der Waals surface area contributed by atoms with E-state index in [-0.39, 0.29) is 36.0 Å². The summed E-state index contributed by atoms with van der Waals surface area (Å²) in [4.78, 5) is 4.79. The monoisotopic (exact) mass is 533 g/mol. The van der Waals surface area contributed by atoms with E-state index in [2.05, 4.69) is 10.6 Å². The zero-order valence-corrected chi connectivity index (χ0v) is 21.0. The molecule has 1 aliphatic rings. The molecule has 30 heavy (non-hydrogen) atoms. The quantitative estimate of drug-likeness (QED) is 0.163. The summed E-state index contributed by atoms with van der Waals surface area (Å²) in [6.07, 6.45) is 7.97. The first kappa shape index (κ1) is 27.0. The summed E-state index contributed by atoms with van der Waals surface area (Å²) in [5.41, 5.74) is 1.32. The molecular weight excluding hydrogens is 493 g/mol. The minimum absolute atomic E-state index is 0. The van der Waals surface area contributed by atoms with Gasteiger partial charge in [0.25, 0.3) is 0 Å². The number of halogens is 1. The molecule has 1 aliphatic carbocycles. The van der Waals surface area contributed by atoms with Gasteiger partial charge in [0, 0.05) is 32.9 Å². The van der Waals surface area contributed by atoms with E-state index in [1.165, 1.54) is 32.1 Å². The highest BCUT2D eigenvalue weighted by Crippen LogP contribution is 2.38. The molecule has 0 spiro atoms. The smallest absolute Gasteiger partial charge is 0.191 e. The predicted molar refractivity (Wildman–Crippen MR) is 134 cm³/mol. The Bertz CT molecular complexity index is 584. The summed E-state index contributed by atoms with van der Waals surface area (Å²) >= 11 is 0. The van der Waals surface area contributed by atoms with Crippen molar-refractivity contribution >= 4 is 29.9 Å². The number of rotatable bonds is 12. The van der Waals surface area contributed by atoms with Crippen molar-refractivity contribution in [2.24, 2.45) is 10.4 Å². The van der Waals surface area contributed by atoms with Gasteiger partial charge in [0.2, 0.25) is 0 Å². The van der Waals surface area contributed by atoms with Gasteiger partial charge in [0.15, 0.2) is 5.96 Å². The Morgan fingerprint density at radius 2 is 1.87 bits per heavy atom. The molecule has 1 aromatic rings. The fourth-order valence-corrected chi connectivity index (χ4v) is 3.93. The normalized spacial score (nSPS) is 15.9. The van der Waals surface area contributed by atoms with Crippen LogP contribution in [0.2, 0.25) is 0 Å². The highest BCUT2D eigenvalue weighted by Gasteiger charge is 2.31. The number of nitrogens with one attached hydrogen (secondary N) is 2. The number of nitrogens with zero attached hydrogens (tertiary/aromatic N) is 1. The lowest BCUT2D eigenvalue weighted by molar-refractivity contribution is 0.131. The van der Waals surface area contributed by atoms with Crippen LogP contribution in [-0.2, 0) is 11.3 Å². The molecule has 0 heterocycles. The second-order valence-corrected chi connectivity index (χ2v) is 7.88. The molecule has 0 bridgehead atoms. The molecule has 172 valence electrons. The summed E-state index contributed by atoms with van der Waals surface area (Å²) in [5.74, 6) is 1.69. The topological polar surface area (TPSA) is 75.1 Å². The van der Waals surface area contributed by atoms with Crippen LogP contribution in [0.5, 0.6) is 5.75 Å². The SMILES string of the molecule is CCOCCCNC(=NCc1ccc(OC)cc1)NCC1(CCO)CCCCC1.I. The Balaban J connectivity index is 0.00000450. The van der Waals surface area contributed by atoms with Gasteiger partial charge >= 0.3 is 0 Å². The van der Waals surface area contributed by atoms with Gasteiger partial charge in [0.1, 0.15) is 5.75 Å². The van der Waals surface area contributed by atoms with E-state index in [1.807, 2.05) is 31.2 Å². The third-order valence-corrected chi connectivity index (χ3v) is 5.73. The number of methoxy groups -OCH3 is 1. The van der Waals surface area contributed by atoms with E-state index in [9.17, 15) is 5.11 Å². The van der Waals surface area contributed by atoms with Crippen molar-refractivity contribution in [2.75, 3.05) is 40.0 Å². The van der Waals surface area contributed by atoms with Crippen molar-refractivity contribution in [3.05, 3.63) is 29.8 Å². The van der Waals surface area contributed by atoms with Gasteiger partial charge in [-0.05, 0) is 55.7 Å². The lowest BCUT2D eigenvalue weighted by Crippen LogP contribution is -2.45. The van der Waals surface area contributed by atoms with Crippen molar-refractivity contribution < 1.29 is 14.6 Å². The molecule has 7 heteroatoms. The Morgan fingerprint density at radius 1 is 1.13 bits per heavy atom. The van der Waals surface area contributed by atoms with Crippen molar-refractivity contribution in [1.29, 1.82) is 0 Å². The zero-order valence-electron chi connectivity index (χ0n) is 18.6. The third kappa shape index (κ3) is 9.83. The number of guanidine groups is 1. The van der Waals surface area contributed by atoms with Crippen LogP contribution in [0, 0.1) is 5.41 Å².